The second kappa shape index (κ2) is 7.19. The Kier molecular flexibility index (Phi) is 4.57. The summed E-state index contributed by atoms with van der Waals surface area (Å²) in [6.07, 6.45) is 1.58. The number of amides is 1. The van der Waals surface area contributed by atoms with E-state index in [4.69, 9.17) is 0 Å². The molecule has 0 radical (unpaired) electrons. The average molecular weight is 378 g/mol. The monoisotopic (exact) mass is 378 g/mol. The number of pyridine rings is 1. The molecule has 1 amide bonds. The average Bonchev–Trinajstić information content (AvgIpc) is 3.13. The summed E-state index contributed by atoms with van der Waals surface area (Å²) in [5, 5.41) is 7.49. The van der Waals surface area contributed by atoms with Gasteiger partial charge in [-0.1, -0.05) is 30.3 Å². The summed E-state index contributed by atoms with van der Waals surface area (Å²) in [6.45, 7) is 2.53. The van der Waals surface area contributed by atoms with Gasteiger partial charge in [-0.2, -0.15) is 5.10 Å². The highest BCUT2D eigenvalue weighted by atomic mass is 19.2. The summed E-state index contributed by atoms with van der Waals surface area (Å²) in [4.78, 5) is 17.6. The third-order valence-corrected chi connectivity index (χ3v) is 4.40. The zero-order valence-corrected chi connectivity index (χ0v) is 15.0. The highest BCUT2D eigenvalue weighted by molar-refractivity contribution is 6.12. The van der Waals surface area contributed by atoms with Gasteiger partial charge >= 0.3 is 0 Å². The van der Waals surface area contributed by atoms with Crippen molar-refractivity contribution in [3.8, 4) is 11.3 Å². The largest absolute Gasteiger partial charge is 0.322 e. The Morgan fingerprint density at radius 2 is 1.86 bits per heavy atom. The maximum atomic E-state index is 13.5. The van der Waals surface area contributed by atoms with Crippen molar-refractivity contribution in [2.75, 3.05) is 5.32 Å². The molecule has 4 rings (SSSR count). The van der Waals surface area contributed by atoms with E-state index in [9.17, 15) is 13.6 Å². The van der Waals surface area contributed by atoms with Gasteiger partial charge in [-0.05, 0) is 25.1 Å². The first-order chi connectivity index (χ1) is 13.6. The molecule has 140 valence electrons. The fourth-order valence-corrected chi connectivity index (χ4v) is 3.00. The summed E-state index contributed by atoms with van der Waals surface area (Å²) in [7, 11) is 0. The molecular weight excluding hydrogens is 362 g/mol. The van der Waals surface area contributed by atoms with Gasteiger partial charge in [0.1, 0.15) is 0 Å². The summed E-state index contributed by atoms with van der Waals surface area (Å²) < 4.78 is 28.3. The molecule has 0 saturated heterocycles. The van der Waals surface area contributed by atoms with Crippen molar-refractivity contribution < 1.29 is 13.6 Å². The second-order valence-corrected chi connectivity index (χ2v) is 6.20. The third-order valence-electron chi connectivity index (χ3n) is 4.40. The number of rotatable bonds is 4. The van der Waals surface area contributed by atoms with Crippen LogP contribution in [0.1, 0.15) is 17.3 Å². The van der Waals surface area contributed by atoms with Crippen LogP contribution in [-0.4, -0.2) is 20.7 Å². The summed E-state index contributed by atoms with van der Waals surface area (Å²) in [6, 6.07) is 14.4. The van der Waals surface area contributed by atoms with E-state index in [0.29, 0.717) is 28.8 Å². The molecule has 4 aromatic rings. The highest BCUT2D eigenvalue weighted by Crippen LogP contribution is 2.26. The van der Waals surface area contributed by atoms with Crippen molar-refractivity contribution in [1.82, 2.24) is 14.8 Å². The lowest BCUT2D eigenvalue weighted by Crippen LogP contribution is -2.13. The molecule has 2 aromatic carbocycles. The molecule has 0 bridgehead atoms. The number of aromatic nitrogens is 3. The minimum Gasteiger partial charge on any atom is -0.322 e. The summed E-state index contributed by atoms with van der Waals surface area (Å²) >= 11 is 0. The van der Waals surface area contributed by atoms with Crippen LogP contribution in [0.2, 0.25) is 0 Å². The van der Waals surface area contributed by atoms with Gasteiger partial charge < -0.3 is 5.32 Å². The number of fused-ring (bicyclic) bond motifs is 1. The van der Waals surface area contributed by atoms with Gasteiger partial charge in [0, 0.05) is 23.9 Å². The summed E-state index contributed by atoms with van der Waals surface area (Å²) in [5.74, 6) is -2.45. The van der Waals surface area contributed by atoms with Crippen LogP contribution in [0.5, 0.6) is 0 Å². The Balaban J connectivity index is 1.81. The zero-order chi connectivity index (χ0) is 19.7. The minimum absolute atomic E-state index is 0.165. The van der Waals surface area contributed by atoms with Crippen LogP contribution in [0.15, 0.2) is 60.8 Å². The second-order valence-electron chi connectivity index (χ2n) is 6.20. The van der Waals surface area contributed by atoms with Crippen LogP contribution in [-0.2, 0) is 6.54 Å². The van der Waals surface area contributed by atoms with Gasteiger partial charge in [0.2, 0.25) is 0 Å². The van der Waals surface area contributed by atoms with Gasteiger partial charge in [0.25, 0.3) is 5.91 Å². The minimum atomic E-state index is -1.03. The van der Waals surface area contributed by atoms with Crippen LogP contribution in [0.25, 0.3) is 22.3 Å². The lowest BCUT2D eigenvalue weighted by Gasteiger charge is -2.10. The van der Waals surface area contributed by atoms with Gasteiger partial charge in [0.15, 0.2) is 17.3 Å². The van der Waals surface area contributed by atoms with E-state index < -0.39 is 17.5 Å². The molecule has 2 aromatic heterocycles. The quantitative estimate of drug-likeness (QED) is 0.562. The fourth-order valence-electron chi connectivity index (χ4n) is 3.00. The van der Waals surface area contributed by atoms with E-state index in [1.807, 2.05) is 37.3 Å². The first kappa shape index (κ1) is 17.8. The Hall–Kier alpha value is -3.61. The molecule has 0 fully saturated rings. The number of nitrogens with one attached hydrogen (secondary N) is 1. The lowest BCUT2D eigenvalue weighted by atomic mass is 10.1. The molecule has 1 N–H and O–H groups in total. The van der Waals surface area contributed by atoms with Gasteiger partial charge in [-0.15, -0.1) is 0 Å². The summed E-state index contributed by atoms with van der Waals surface area (Å²) in [5.41, 5.74) is 2.58. The number of anilines is 1. The molecule has 5 nitrogen and oxygen atoms in total. The number of benzene rings is 2. The number of carbonyl (C=O) groups is 1. The topological polar surface area (TPSA) is 59.8 Å². The van der Waals surface area contributed by atoms with Crippen LogP contribution < -0.4 is 5.32 Å². The van der Waals surface area contributed by atoms with Gasteiger partial charge in [0.05, 0.1) is 22.8 Å². The number of carbonyl (C=O) groups excluding carboxylic acids is 1. The maximum absolute atomic E-state index is 13.5. The number of aryl methyl sites for hydroxylation is 1. The highest BCUT2D eigenvalue weighted by Gasteiger charge is 2.18. The third kappa shape index (κ3) is 3.22. The van der Waals surface area contributed by atoms with E-state index in [2.05, 4.69) is 15.4 Å². The van der Waals surface area contributed by atoms with Crippen LogP contribution in [0, 0.1) is 11.6 Å². The van der Waals surface area contributed by atoms with Crippen molar-refractivity contribution in [2.24, 2.45) is 0 Å². The van der Waals surface area contributed by atoms with E-state index in [-0.39, 0.29) is 5.69 Å². The number of hydrogen-bond acceptors (Lipinski definition) is 3. The Bertz CT molecular complexity index is 1170. The molecule has 0 spiro atoms. The first-order valence-corrected chi connectivity index (χ1v) is 8.75. The van der Waals surface area contributed by atoms with Crippen molar-refractivity contribution in [3.05, 3.63) is 78.0 Å². The molecule has 0 aliphatic heterocycles. The van der Waals surface area contributed by atoms with Gasteiger partial charge in [-0.3, -0.25) is 4.79 Å². The Labute approximate surface area is 159 Å². The molecule has 2 heterocycles. The lowest BCUT2D eigenvalue weighted by molar-refractivity contribution is 0.102. The smallest absolute Gasteiger partial charge is 0.256 e. The molecule has 28 heavy (non-hydrogen) atoms. The van der Waals surface area contributed by atoms with Crippen LogP contribution >= 0.6 is 0 Å². The molecule has 0 aliphatic rings. The zero-order valence-electron chi connectivity index (χ0n) is 15.0. The normalized spacial score (nSPS) is 11.0. The molecule has 0 unspecified atom stereocenters. The Morgan fingerprint density at radius 1 is 1.07 bits per heavy atom. The number of nitrogens with zero attached hydrogens (tertiary/aromatic N) is 3. The molecule has 7 heteroatoms. The van der Waals surface area contributed by atoms with Crippen molar-refractivity contribution in [3.63, 3.8) is 0 Å². The van der Waals surface area contributed by atoms with Crippen molar-refractivity contribution >= 4 is 22.6 Å². The molecular formula is C21H16F2N4O. The molecule has 0 aliphatic carbocycles. The van der Waals surface area contributed by atoms with E-state index in [1.54, 1.807) is 16.9 Å². The van der Waals surface area contributed by atoms with Crippen LogP contribution in [0.4, 0.5) is 14.5 Å². The molecule has 0 atom stereocenters. The first-order valence-electron chi connectivity index (χ1n) is 8.75. The van der Waals surface area contributed by atoms with Crippen LogP contribution in [0.3, 0.4) is 0 Å². The number of halogens is 2. The standard InChI is InChI=1S/C21H16F2N4O/c1-2-27-20-16(12-24-27)15(11-19(26-20)13-6-4-3-5-7-13)21(28)25-14-8-9-17(22)18(23)10-14/h3-12H,2H2,1H3,(H,25,28). The fraction of sp³-hybridized carbons (Fsp3) is 0.0952. The van der Waals surface area contributed by atoms with E-state index >= 15 is 0 Å². The van der Waals surface area contributed by atoms with Crippen molar-refractivity contribution in [1.29, 1.82) is 0 Å². The maximum Gasteiger partial charge on any atom is 0.256 e. The van der Waals surface area contributed by atoms with E-state index in [0.717, 1.165) is 17.7 Å². The predicted molar refractivity (Wildman–Crippen MR) is 103 cm³/mol. The Morgan fingerprint density at radius 3 is 2.57 bits per heavy atom. The number of hydrogen-bond donors (Lipinski definition) is 1. The van der Waals surface area contributed by atoms with Crippen molar-refractivity contribution in [2.45, 2.75) is 13.5 Å². The van der Waals surface area contributed by atoms with Gasteiger partial charge in [-0.25, -0.2) is 18.4 Å². The molecule has 0 saturated carbocycles. The van der Waals surface area contributed by atoms with E-state index in [1.165, 1.54) is 6.07 Å². The SMILES string of the molecule is CCn1ncc2c(C(=O)Nc3ccc(F)c(F)c3)cc(-c3ccccc3)nc21. The predicted octanol–water partition coefficient (Wildman–Crippen LogP) is 4.65.